The highest BCUT2D eigenvalue weighted by atomic mass is 79.9. The van der Waals surface area contributed by atoms with Crippen LogP contribution in [-0.4, -0.2) is 12.1 Å². The number of alkyl halides is 1. The number of pyridine rings is 1. The van der Waals surface area contributed by atoms with E-state index in [2.05, 4.69) is 36.8 Å². The molecule has 2 aromatic rings. The Hall–Kier alpha value is -0.610. The standard InChI is InChI=1S/C11H9Br2NO/c1-15-8-4-7(6-12)11-9(5-8)10(13)2-3-14-11/h2-5H,6H2,1H3. The normalized spacial score (nSPS) is 10.6. The fraction of sp³-hybridized carbons (Fsp3) is 0.182. The molecule has 15 heavy (non-hydrogen) atoms. The van der Waals surface area contributed by atoms with Crippen LogP contribution < -0.4 is 4.74 Å². The number of nitrogens with zero attached hydrogens (tertiary/aromatic N) is 1. The number of hydrogen-bond donors (Lipinski definition) is 0. The van der Waals surface area contributed by atoms with Gasteiger partial charge in [0.25, 0.3) is 0 Å². The van der Waals surface area contributed by atoms with E-state index in [-0.39, 0.29) is 0 Å². The maximum atomic E-state index is 5.25. The maximum Gasteiger partial charge on any atom is 0.119 e. The molecular formula is C11H9Br2NO. The van der Waals surface area contributed by atoms with Gasteiger partial charge in [-0.3, -0.25) is 4.98 Å². The number of fused-ring (bicyclic) bond motifs is 1. The van der Waals surface area contributed by atoms with E-state index in [1.807, 2.05) is 18.2 Å². The second kappa shape index (κ2) is 4.49. The highest BCUT2D eigenvalue weighted by Gasteiger charge is 2.07. The molecule has 4 heteroatoms. The molecule has 0 saturated heterocycles. The minimum absolute atomic E-state index is 0.768. The van der Waals surface area contributed by atoms with Crippen molar-refractivity contribution in [2.75, 3.05) is 7.11 Å². The molecule has 1 heterocycles. The fourth-order valence-electron chi connectivity index (χ4n) is 1.49. The van der Waals surface area contributed by atoms with Gasteiger partial charge in [0.1, 0.15) is 5.75 Å². The molecule has 0 amide bonds. The molecule has 0 aliphatic carbocycles. The lowest BCUT2D eigenvalue weighted by Crippen LogP contribution is -1.90. The summed E-state index contributed by atoms with van der Waals surface area (Å²) in [4.78, 5) is 4.37. The number of benzene rings is 1. The van der Waals surface area contributed by atoms with E-state index in [1.165, 1.54) is 0 Å². The molecular weight excluding hydrogens is 322 g/mol. The minimum atomic E-state index is 0.768. The zero-order valence-corrected chi connectivity index (χ0v) is 11.3. The first-order valence-electron chi connectivity index (χ1n) is 4.43. The van der Waals surface area contributed by atoms with Gasteiger partial charge < -0.3 is 4.74 Å². The molecule has 0 spiro atoms. The molecule has 1 aromatic heterocycles. The smallest absolute Gasteiger partial charge is 0.119 e. The average Bonchev–Trinajstić information content (AvgIpc) is 2.28. The third-order valence-electron chi connectivity index (χ3n) is 2.22. The van der Waals surface area contributed by atoms with Gasteiger partial charge in [0.05, 0.1) is 12.6 Å². The summed E-state index contributed by atoms with van der Waals surface area (Å²) in [6.45, 7) is 0. The van der Waals surface area contributed by atoms with Gasteiger partial charge in [-0.15, -0.1) is 0 Å². The summed E-state index contributed by atoms with van der Waals surface area (Å²) in [5.41, 5.74) is 2.13. The monoisotopic (exact) mass is 329 g/mol. The van der Waals surface area contributed by atoms with Crippen molar-refractivity contribution in [2.24, 2.45) is 0 Å². The first-order valence-corrected chi connectivity index (χ1v) is 6.35. The molecule has 0 aliphatic rings. The predicted octanol–water partition coefficient (Wildman–Crippen LogP) is 3.90. The van der Waals surface area contributed by atoms with Crippen LogP contribution in [0.25, 0.3) is 10.9 Å². The van der Waals surface area contributed by atoms with Gasteiger partial charge in [-0.2, -0.15) is 0 Å². The highest BCUT2D eigenvalue weighted by Crippen LogP contribution is 2.30. The summed E-state index contributed by atoms with van der Waals surface area (Å²) in [6.07, 6.45) is 1.80. The van der Waals surface area contributed by atoms with Crippen molar-refractivity contribution in [1.82, 2.24) is 4.98 Å². The number of methoxy groups -OCH3 is 1. The van der Waals surface area contributed by atoms with Crippen molar-refractivity contribution in [2.45, 2.75) is 5.33 Å². The summed E-state index contributed by atoms with van der Waals surface area (Å²) in [7, 11) is 1.67. The third-order valence-corrected chi connectivity index (χ3v) is 3.52. The second-order valence-corrected chi connectivity index (χ2v) is 4.52. The first-order chi connectivity index (χ1) is 7.26. The fourth-order valence-corrected chi connectivity index (χ4v) is 2.33. The van der Waals surface area contributed by atoms with Crippen LogP contribution in [0.3, 0.4) is 0 Å². The van der Waals surface area contributed by atoms with Crippen LogP contribution in [0.1, 0.15) is 5.56 Å². The van der Waals surface area contributed by atoms with Gasteiger partial charge in [0.15, 0.2) is 0 Å². The number of aromatic nitrogens is 1. The van der Waals surface area contributed by atoms with Gasteiger partial charge >= 0.3 is 0 Å². The Morgan fingerprint density at radius 1 is 1.40 bits per heavy atom. The quantitative estimate of drug-likeness (QED) is 0.779. The van der Waals surface area contributed by atoms with Gasteiger partial charge in [0.2, 0.25) is 0 Å². The Morgan fingerprint density at radius 2 is 2.20 bits per heavy atom. The largest absolute Gasteiger partial charge is 0.497 e. The average molecular weight is 331 g/mol. The lowest BCUT2D eigenvalue weighted by Gasteiger charge is -2.07. The van der Waals surface area contributed by atoms with E-state index in [1.54, 1.807) is 13.3 Å². The van der Waals surface area contributed by atoms with Crippen molar-refractivity contribution in [3.63, 3.8) is 0 Å². The Bertz CT molecular complexity index is 499. The number of halogens is 2. The third kappa shape index (κ3) is 2.01. The summed E-state index contributed by atoms with van der Waals surface area (Å²) < 4.78 is 6.29. The summed E-state index contributed by atoms with van der Waals surface area (Å²) in [5, 5.41) is 1.84. The van der Waals surface area contributed by atoms with Crippen molar-refractivity contribution in [1.29, 1.82) is 0 Å². The zero-order valence-electron chi connectivity index (χ0n) is 8.13. The SMILES string of the molecule is COc1cc(CBr)c2nccc(Br)c2c1. The lowest BCUT2D eigenvalue weighted by atomic mass is 10.1. The summed E-state index contributed by atoms with van der Waals surface area (Å²) >= 11 is 6.97. The predicted molar refractivity (Wildman–Crippen MR) is 68.6 cm³/mol. The Balaban J connectivity index is 2.80. The molecule has 78 valence electrons. The molecule has 1 aromatic carbocycles. The molecule has 0 N–H and O–H groups in total. The number of hydrogen-bond acceptors (Lipinski definition) is 2. The van der Waals surface area contributed by atoms with E-state index in [0.29, 0.717) is 0 Å². The molecule has 2 rings (SSSR count). The summed E-state index contributed by atoms with van der Waals surface area (Å²) in [6, 6.07) is 5.91. The van der Waals surface area contributed by atoms with Crippen LogP contribution in [-0.2, 0) is 5.33 Å². The molecule has 0 radical (unpaired) electrons. The van der Waals surface area contributed by atoms with E-state index >= 15 is 0 Å². The topological polar surface area (TPSA) is 22.1 Å². The summed E-state index contributed by atoms with van der Waals surface area (Å²) in [5.74, 6) is 0.852. The van der Waals surface area contributed by atoms with Gasteiger partial charge in [-0.1, -0.05) is 31.9 Å². The first kappa shape index (κ1) is 10.9. The molecule has 0 fully saturated rings. The van der Waals surface area contributed by atoms with Crippen LogP contribution in [0, 0.1) is 0 Å². The molecule has 0 bridgehead atoms. The van der Waals surface area contributed by atoms with Crippen molar-refractivity contribution in [3.8, 4) is 5.75 Å². The second-order valence-electron chi connectivity index (χ2n) is 3.11. The number of ether oxygens (including phenoxy) is 1. The van der Waals surface area contributed by atoms with Gasteiger partial charge in [-0.25, -0.2) is 0 Å². The highest BCUT2D eigenvalue weighted by molar-refractivity contribution is 9.10. The van der Waals surface area contributed by atoms with E-state index in [9.17, 15) is 0 Å². The van der Waals surface area contributed by atoms with Crippen LogP contribution in [0.5, 0.6) is 5.75 Å². The molecule has 0 aliphatic heterocycles. The molecule has 0 atom stereocenters. The molecule has 0 saturated carbocycles. The zero-order chi connectivity index (χ0) is 10.8. The van der Waals surface area contributed by atoms with Crippen LogP contribution >= 0.6 is 31.9 Å². The van der Waals surface area contributed by atoms with Gasteiger partial charge in [-0.05, 0) is 23.8 Å². The molecule has 2 nitrogen and oxygen atoms in total. The van der Waals surface area contributed by atoms with Crippen LogP contribution in [0.4, 0.5) is 0 Å². The minimum Gasteiger partial charge on any atom is -0.497 e. The van der Waals surface area contributed by atoms with E-state index < -0.39 is 0 Å². The lowest BCUT2D eigenvalue weighted by molar-refractivity contribution is 0.415. The van der Waals surface area contributed by atoms with E-state index in [4.69, 9.17) is 4.74 Å². The van der Waals surface area contributed by atoms with Crippen LogP contribution in [0.15, 0.2) is 28.9 Å². The van der Waals surface area contributed by atoms with Crippen molar-refractivity contribution in [3.05, 3.63) is 34.4 Å². The van der Waals surface area contributed by atoms with Crippen molar-refractivity contribution < 1.29 is 4.74 Å². The van der Waals surface area contributed by atoms with Crippen LogP contribution in [0.2, 0.25) is 0 Å². The van der Waals surface area contributed by atoms with E-state index in [0.717, 1.165) is 32.0 Å². The van der Waals surface area contributed by atoms with Crippen molar-refractivity contribution >= 4 is 42.8 Å². The Labute approximate surface area is 105 Å². The molecule has 0 unspecified atom stereocenters. The maximum absolute atomic E-state index is 5.25. The van der Waals surface area contributed by atoms with Gasteiger partial charge in [0, 0.05) is 21.4 Å². The Kier molecular flexibility index (Phi) is 3.26. The number of rotatable bonds is 2. The Morgan fingerprint density at radius 3 is 2.87 bits per heavy atom.